The highest BCUT2D eigenvalue weighted by Gasteiger charge is 2.37. The lowest BCUT2D eigenvalue weighted by atomic mass is 9.83. The first kappa shape index (κ1) is 35.2. The molecule has 3 rings (SSSR count). The zero-order chi connectivity index (χ0) is 29.8. The molecule has 0 saturated carbocycles. The molecular formula is C32H44INO8. The molecule has 0 fully saturated rings. The molecule has 2 atom stereocenters. The number of fused-ring (bicyclic) bond motifs is 1. The molecule has 0 amide bonds. The highest BCUT2D eigenvalue weighted by atomic mass is 127. The molecule has 0 N–H and O–H groups in total. The maximum absolute atomic E-state index is 12.6. The van der Waals surface area contributed by atoms with E-state index >= 15 is 0 Å². The summed E-state index contributed by atoms with van der Waals surface area (Å²) in [7, 11) is 8.76. The summed E-state index contributed by atoms with van der Waals surface area (Å²) in [6.07, 6.45) is 4.54. The summed E-state index contributed by atoms with van der Waals surface area (Å²) in [5, 5.41) is 0. The molecule has 2 unspecified atom stereocenters. The quantitative estimate of drug-likeness (QED) is 0.0865. The molecule has 1 aliphatic rings. The van der Waals surface area contributed by atoms with Gasteiger partial charge in [-0.2, -0.15) is 0 Å². The molecule has 1 aliphatic heterocycles. The molecule has 9 nitrogen and oxygen atoms in total. The van der Waals surface area contributed by atoms with Crippen LogP contribution in [0, 0.1) is 0 Å². The number of benzene rings is 2. The zero-order valence-corrected chi connectivity index (χ0v) is 27.6. The first-order valence-corrected chi connectivity index (χ1v) is 14.0. The highest BCUT2D eigenvalue weighted by Crippen LogP contribution is 2.41. The number of rotatable bonds is 16. The van der Waals surface area contributed by atoms with Crippen LogP contribution >= 0.6 is 0 Å². The molecule has 0 radical (unpaired) electrons. The summed E-state index contributed by atoms with van der Waals surface area (Å²) in [5.74, 6) is 2.38. The van der Waals surface area contributed by atoms with Crippen molar-refractivity contribution < 1.29 is 66.5 Å². The lowest BCUT2D eigenvalue weighted by molar-refractivity contribution is -0.925. The van der Waals surface area contributed by atoms with Gasteiger partial charge in [-0.05, 0) is 61.1 Å². The van der Waals surface area contributed by atoms with Gasteiger partial charge in [-0.1, -0.05) is 12.6 Å². The monoisotopic (exact) mass is 697 g/mol. The van der Waals surface area contributed by atoms with E-state index < -0.39 is 5.97 Å². The second-order valence-electron chi connectivity index (χ2n) is 10.6. The number of ether oxygens (including phenoxy) is 6. The number of nitrogens with zero attached hydrogens (tertiary/aromatic N) is 1. The number of hydrogen-bond acceptors (Lipinski definition) is 8. The van der Waals surface area contributed by atoms with Gasteiger partial charge in [0.15, 0.2) is 23.0 Å². The number of carbonyl (C=O) groups is 2. The van der Waals surface area contributed by atoms with Crippen LogP contribution < -0.4 is 42.9 Å². The van der Waals surface area contributed by atoms with E-state index in [1.165, 1.54) is 11.1 Å². The van der Waals surface area contributed by atoms with Crippen molar-refractivity contribution in [2.75, 3.05) is 61.8 Å². The van der Waals surface area contributed by atoms with Gasteiger partial charge in [0.25, 0.3) is 0 Å². The molecule has 1 heterocycles. The largest absolute Gasteiger partial charge is 1.00 e. The Labute approximate surface area is 266 Å². The number of carbonyl (C=O) groups excluding carboxylic acids is 2. The minimum Gasteiger partial charge on any atom is -1.00 e. The number of esters is 2. The van der Waals surface area contributed by atoms with Crippen LogP contribution in [-0.2, 0) is 32.0 Å². The Morgan fingerprint density at radius 2 is 1.50 bits per heavy atom. The molecule has 0 aromatic heterocycles. The van der Waals surface area contributed by atoms with Crippen LogP contribution in [0.2, 0.25) is 0 Å². The van der Waals surface area contributed by atoms with E-state index in [-0.39, 0.29) is 35.9 Å². The average Bonchev–Trinajstić information content (AvgIpc) is 2.98. The Balaban J connectivity index is 0.00000616. The van der Waals surface area contributed by atoms with E-state index in [1.54, 1.807) is 28.4 Å². The summed E-state index contributed by atoms with van der Waals surface area (Å²) in [6, 6.07) is 10.2. The number of methoxy groups -OCH3 is 4. The fourth-order valence-corrected chi connectivity index (χ4v) is 5.43. The average molecular weight is 698 g/mol. The Morgan fingerprint density at radius 3 is 2.14 bits per heavy atom. The van der Waals surface area contributed by atoms with Gasteiger partial charge in [0.2, 0.25) is 0 Å². The third-order valence-electron chi connectivity index (χ3n) is 7.55. The van der Waals surface area contributed by atoms with E-state index in [2.05, 4.69) is 31.8 Å². The molecule has 42 heavy (non-hydrogen) atoms. The van der Waals surface area contributed by atoms with Gasteiger partial charge in [0.05, 0.1) is 68.2 Å². The Hall–Kier alpha value is -2.99. The molecule has 232 valence electrons. The fraction of sp³-hybridized carbons (Fsp3) is 0.500. The van der Waals surface area contributed by atoms with E-state index in [4.69, 9.17) is 28.4 Å². The molecular weight excluding hydrogens is 653 g/mol. The molecule has 0 bridgehead atoms. The van der Waals surface area contributed by atoms with Crippen LogP contribution in [0.25, 0.3) is 0 Å². The highest BCUT2D eigenvalue weighted by molar-refractivity contribution is 5.81. The van der Waals surface area contributed by atoms with E-state index in [1.807, 2.05) is 12.1 Å². The number of halogens is 1. The minimum atomic E-state index is -0.420. The standard InChI is InChI=1S/C32H44NO8.HI/c1-7-31(34)40-15-9-8-10-16-41-32(35)13-14-33(2)21-24(17-23-11-12-27(36-3)28(18-23)37-4)26-20-30(39-6)29(38-5)19-25(26)22-33;/h7,11-12,18-20,24H,1,8-10,13-17,21-22H2,2-6H3;1H/q+1;/p-1. The van der Waals surface area contributed by atoms with Gasteiger partial charge < -0.3 is 56.9 Å². The van der Waals surface area contributed by atoms with Gasteiger partial charge >= 0.3 is 11.9 Å². The topological polar surface area (TPSA) is 89.5 Å². The number of hydrogen-bond donors (Lipinski definition) is 0. The van der Waals surface area contributed by atoms with E-state index in [0.29, 0.717) is 53.7 Å². The summed E-state index contributed by atoms with van der Waals surface area (Å²) in [5.41, 5.74) is 3.56. The molecule has 0 spiro atoms. The van der Waals surface area contributed by atoms with Crippen LogP contribution in [0.5, 0.6) is 23.0 Å². The molecule has 2 aromatic carbocycles. The van der Waals surface area contributed by atoms with E-state index in [0.717, 1.165) is 50.4 Å². The summed E-state index contributed by atoms with van der Waals surface area (Å²) in [4.78, 5) is 23.7. The van der Waals surface area contributed by atoms with Crippen molar-refractivity contribution in [2.24, 2.45) is 0 Å². The SMILES string of the molecule is C=CC(=O)OCCCCCOC(=O)CC[N+]1(C)Cc2cc(OC)c(OC)cc2C(Cc2ccc(OC)c(OC)c2)C1.[I-]. The fourth-order valence-electron chi connectivity index (χ4n) is 5.43. The number of unbranched alkanes of at least 4 members (excludes halogenated alkanes) is 2. The molecule has 0 aliphatic carbocycles. The van der Waals surface area contributed by atoms with Gasteiger partial charge in [-0.25, -0.2) is 4.79 Å². The van der Waals surface area contributed by atoms with Crippen LogP contribution in [-0.4, -0.2) is 78.2 Å². The van der Waals surface area contributed by atoms with Gasteiger partial charge in [0.1, 0.15) is 6.54 Å². The zero-order valence-electron chi connectivity index (χ0n) is 25.4. The normalized spacial score (nSPS) is 17.2. The van der Waals surface area contributed by atoms with Gasteiger partial charge in [-0.15, -0.1) is 0 Å². The van der Waals surface area contributed by atoms with Crippen LogP contribution in [0.15, 0.2) is 43.0 Å². The van der Waals surface area contributed by atoms with Crippen LogP contribution in [0.1, 0.15) is 48.3 Å². The molecule has 2 aromatic rings. The van der Waals surface area contributed by atoms with Crippen LogP contribution in [0.4, 0.5) is 0 Å². The second kappa shape index (κ2) is 17.2. The maximum atomic E-state index is 12.6. The Kier molecular flexibility index (Phi) is 14.4. The lowest BCUT2D eigenvalue weighted by Crippen LogP contribution is -3.00. The number of quaternary nitrogens is 1. The second-order valence-corrected chi connectivity index (χ2v) is 10.6. The molecule has 0 saturated heterocycles. The lowest BCUT2D eigenvalue weighted by Gasteiger charge is -2.42. The molecule has 10 heteroatoms. The first-order chi connectivity index (χ1) is 19.7. The van der Waals surface area contributed by atoms with Crippen molar-refractivity contribution in [1.29, 1.82) is 0 Å². The summed E-state index contributed by atoms with van der Waals surface area (Å²) in [6.45, 7) is 6.36. The van der Waals surface area contributed by atoms with Crippen molar-refractivity contribution in [2.45, 2.75) is 44.6 Å². The Morgan fingerprint density at radius 1 is 0.881 bits per heavy atom. The predicted molar refractivity (Wildman–Crippen MR) is 156 cm³/mol. The third kappa shape index (κ3) is 9.79. The van der Waals surface area contributed by atoms with Gasteiger partial charge in [0, 0.05) is 17.6 Å². The van der Waals surface area contributed by atoms with Crippen LogP contribution in [0.3, 0.4) is 0 Å². The summed E-state index contributed by atoms with van der Waals surface area (Å²) >= 11 is 0. The van der Waals surface area contributed by atoms with Crippen molar-refractivity contribution in [3.63, 3.8) is 0 Å². The maximum Gasteiger partial charge on any atom is 0.330 e. The minimum absolute atomic E-state index is 0. The third-order valence-corrected chi connectivity index (χ3v) is 7.55. The first-order valence-electron chi connectivity index (χ1n) is 14.0. The van der Waals surface area contributed by atoms with Crippen molar-refractivity contribution in [1.82, 2.24) is 0 Å². The van der Waals surface area contributed by atoms with Gasteiger partial charge in [-0.3, -0.25) is 4.79 Å². The smallest absolute Gasteiger partial charge is 0.330 e. The number of likely N-dealkylation sites (N-methyl/N-ethyl adjacent to an activating group) is 1. The van der Waals surface area contributed by atoms with E-state index in [9.17, 15) is 9.59 Å². The van der Waals surface area contributed by atoms with Crippen molar-refractivity contribution in [3.05, 3.63) is 59.7 Å². The predicted octanol–water partition coefficient (Wildman–Crippen LogP) is 1.84. The Bertz CT molecular complexity index is 1200. The van der Waals surface area contributed by atoms with Crippen molar-refractivity contribution >= 4 is 11.9 Å². The van der Waals surface area contributed by atoms with Crippen molar-refractivity contribution in [3.8, 4) is 23.0 Å². The summed E-state index contributed by atoms with van der Waals surface area (Å²) < 4.78 is 33.4.